The zero-order chi connectivity index (χ0) is 11.7. The predicted molar refractivity (Wildman–Crippen MR) is 75.4 cm³/mol. The number of nitrogens with two attached hydrogens (primary N) is 1. The minimum absolute atomic E-state index is 0.498. The summed E-state index contributed by atoms with van der Waals surface area (Å²) in [5.41, 5.74) is 7.51. The average molecular weight is 394 g/mol. The van der Waals surface area contributed by atoms with E-state index in [9.17, 15) is 0 Å². The molecule has 0 radical (unpaired) electrons. The number of anilines is 1. The summed E-state index contributed by atoms with van der Waals surface area (Å²) in [6.45, 7) is 0. The number of rotatable bonds is 2. The van der Waals surface area contributed by atoms with Gasteiger partial charge in [-0.05, 0) is 40.8 Å². The molecule has 2 rings (SSSR count). The van der Waals surface area contributed by atoms with E-state index in [-0.39, 0.29) is 0 Å². The van der Waals surface area contributed by atoms with Crippen molar-refractivity contribution in [2.24, 2.45) is 0 Å². The standard InChI is InChI=1S/C10H9BrIN3O/c1-16-7-3-2-5(11)4-6(7)9-8(12)10(13)15-14-9/h2-4H,1H3,(H3,13,14,15). The number of nitrogens with one attached hydrogen (secondary N) is 1. The highest BCUT2D eigenvalue weighted by Gasteiger charge is 2.14. The van der Waals surface area contributed by atoms with E-state index in [0.29, 0.717) is 5.82 Å². The lowest BCUT2D eigenvalue weighted by molar-refractivity contribution is 0.416. The Labute approximate surface area is 115 Å². The zero-order valence-electron chi connectivity index (χ0n) is 8.42. The Hall–Kier alpha value is -0.760. The van der Waals surface area contributed by atoms with Crippen molar-refractivity contribution in [2.75, 3.05) is 12.8 Å². The SMILES string of the molecule is COc1ccc(Br)cc1-c1[nH]nc(N)c1I. The van der Waals surface area contributed by atoms with Crippen LogP contribution in [0.4, 0.5) is 5.82 Å². The van der Waals surface area contributed by atoms with Crippen LogP contribution in [0, 0.1) is 3.57 Å². The van der Waals surface area contributed by atoms with Crippen molar-refractivity contribution < 1.29 is 4.74 Å². The van der Waals surface area contributed by atoms with Crippen LogP contribution in [0.2, 0.25) is 0 Å². The third-order valence-electron chi connectivity index (χ3n) is 2.16. The van der Waals surface area contributed by atoms with Crippen molar-refractivity contribution in [3.63, 3.8) is 0 Å². The Morgan fingerprint density at radius 3 is 2.81 bits per heavy atom. The lowest BCUT2D eigenvalue weighted by Crippen LogP contribution is -1.90. The van der Waals surface area contributed by atoms with E-state index >= 15 is 0 Å². The molecule has 3 N–H and O–H groups in total. The quantitative estimate of drug-likeness (QED) is 0.771. The van der Waals surface area contributed by atoms with Gasteiger partial charge in [0.05, 0.1) is 16.4 Å². The summed E-state index contributed by atoms with van der Waals surface area (Å²) in [6.07, 6.45) is 0. The second-order valence-electron chi connectivity index (χ2n) is 3.14. The van der Waals surface area contributed by atoms with Crippen LogP contribution in [-0.2, 0) is 0 Å². The van der Waals surface area contributed by atoms with Gasteiger partial charge in [0, 0.05) is 10.0 Å². The van der Waals surface area contributed by atoms with Gasteiger partial charge in [0.2, 0.25) is 0 Å². The van der Waals surface area contributed by atoms with Crippen LogP contribution in [0.15, 0.2) is 22.7 Å². The summed E-state index contributed by atoms with van der Waals surface area (Å²) < 4.78 is 7.18. The van der Waals surface area contributed by atoms with Crippen molar-refractivity contribution in [3.05, 3.63) is 26.2 Å². The van der Waals surface area contributed by atoms with Gasteiger partial charge < -0.3 is 10.5 Å². The van der Waals surface area contributed by atoms with Crippen molar-refractivity contribution in [1.29, 1.82) is 0 Å². The van der Waals surface area contributed by atoms with Crippen LogP contribution in [0.3, 0.4) is 0 Å². The van der Waals surface area contributed by atoms with Gasteiger partial charge in [0.15, 0.2) is 5.82 Å². The minimum atomic E-state index is 0.498. The van der Waals surface area contributed by atoms with Crippen LogP contribution >= 0.6 is 38.5 Å². The number of hydrogen-bond acceptors (Lipinski definition) is 3. The van der Waals surface area contributed by atoms with E-state index in [4.69, 9.17) is 10.5 Å². The molecule has 0 aliphatic rings. The maximum atomic E-state index is 5.71. The van der Waals surface area contributed by atoms with Crippen LogP contribution in [-0.4, -0.2) is 17.3 Å². The highest BCUT2D eigenvalue weighted by molar-refractivity contribution is 14.1. The number of hydrogen-bond donors (Lipinski definition) is 2. The molecule has 1 aromatic heterocycles. The van der Waals surface area contributed by atoms with Crippen LogP contribution in [0.5, 0.6) is 5.75 Å². The molecule has 0 atom stereocenters. The number of halogens is 2. The van der Waals surface area contributed by atoms with Gasteiger partial charge in [0.25, 0.3) is 0 Å². The number of nitrogen functional groups attached to an aromatic ring is 1. The second kappa shape index (κ2) is 4.62. The summed E-state index contributed by atoms with van der Waals surface area (Å²) in [5.74, 6) is 1.28. The molecule has 0 unspecified atom stereocenters. The van der Waals surface area contributed by atoms with E-state index in [1.165, 1.54) is 0 Å². The molecule has 6 heteroatoms. The van der Waals surface area contributed by atoms with E-state index in [1.54, 1.807) is 7.11 Å². The maximum absolute atomic E-state index is 5.71. The van der Waals surface area contributed by atoms with Crippen LogP contribution < -0.4 is 10.5 Å². The first-order valence-electron chi connectivity index (χ1n) is 4.46. The van der Waals surface area contributed by atoms with Crippen molar-refractivity contribution in [1.82, 2.24) is 10.2 Å². The normalized spacial score (nSPS) is 10.4. The number of ether oxygens (including phenoxy) is 1. The third kappa shape index (κ3) is 2.03. The smallest absolute Gasteiger partial charge is 0.159 e. The van der Waals surface area contributed by atoms with E-state index in [1.807, 2.05) is 18.2 Å². The number of H-pyrrole nitrogens is 1. The largest absolute Gasteiger partial charge is 0.496 e. The molecule has 0 saturated heterocycles. The molecule has 0 saturated carbocycles. The van der Waals surface area contributed by atoms with Crippen LogP contribution in [0.1, 0.15) is 0 Å². The molecular formula is C10H9BrIN3O. The van der Waals surface area contributed by atoms with E-state index in [0.717, 1.165) is 25.0 Å². The Morgan fingerprint density at radius 1 is 1.50 bits per heavy atom. The van der Waals surface area contributed by atoms with Gasteiger partial charge in [-0.3, -0.25) is 5.10 Å². The van der Waals surface area contributed by atoms with Gasteiger partial charge in [-0.25, -0.2) is 0 Å². The summed E-state index contributed by atoms with van der Waals surface area (Å²) in [6, 6.07) is 5.79. The molecule has 0 aliphatic carbocycles. The molecule has 2 aromatic rings. The van der Waals surface area contributed by atoms with E-state index in [2.05, 4.69) is 48.7 Å². The highest BCUT2D eigenvalue weighted by atomic mass is 127. The first-order valence-corrected chi connectivity index (χ1v) is 6.34. The number of aromatic amines is 1. The summed E-state index contributed by atoms with van der Waals surface area (Å²) in [4.78, 5) is 0. The Bertz CT molecular complexity index is 527. The minimum Gasteiger partial charge on any atom is -0.496 e. The molecule has 0 bridgehead atoms. The van der Waals surface area contributed by atoms with Gasteiger partial charge in [0.1, 0.15) is 5.75 Å². The average Bonchev–Trinajstić information content (AvgIpc) is 2.60. The lowest BCUT2D eigenvalue weighted by Gasteiger charge is -2.07. The first-order chi connectivity index (χ1) is 7.63. The summed E-state index contributed by atoms with van der Waals surface area (Å²) >= 11 is 5.59. The van der Waals surface area contributed by atoms with Gasteiger partial charge in [-0.15, -0.1) is 0 Å². The predicted octanol–water partition coefficient (Wildman–Crippen LogP) is 3.03. The molecule has 4 nitrogen and oxygen atoms in total. The molecule has 0 spiro atoms. The van der Waals surface area contributed by atoms with Crippen LogP contribution in [0.25, 0.3) is 11.3 Å². The van der Waals surface area contributed by atoms with Crippen molar-refractivity contribution >= 4 is 44.3 Å². The monoisotopic (exact) mass is 393 g/mol. The molecule has 0 amide bonds. The molecule has 1 aromatic carbocycles. The lowest BCUT2D eigenvalue weighted by atomic mass is 10.1. The summed E-state index contributed by atoms with van der Waals surface area (Å²) in [5, 5.41) is 6.88. The first kappa shape index (κ1) is 11.7. The topological polar surface area (TPSA) is 63.9 Å². The Kier molecular flexibility index (Phi) is 3.38. The van der Waals surface area contributed by atoms with Gasteiger partial charge >= 0.3 is 0 Å². The molecule has 1 heterocycles. The molecule has 0 aliphatic heterocycles. The second-order valence-corrected chi connectivity index (χ2v) is 5.14. The third-order valence-corrected chi connectivity index (χ3v) is 3.75. The Balaban J connectivity index is 2.62. The number of aromatic nitrogens is 2. The van der Waals surface area contributed by atoms with Gasteiger partial charge in [-0.1, -0.05) is 15.9 Å². The molecule has 84 valence electrons. The van der Waals surface area contributed by atoms with Crippen molar-refractivity contribution in [2.45, 2.75) is 0 Å². The number of nitrogens with zero attached hydrogens (tertiary/aromatic N) is 1. The molecular weight excluding hydrogens is 385 g/mol. The van der Waals surface area contributed by atoms with Gasteiger partial charge in [-0.2, -0.15) is 5.10 Å². The molecule has 0 fully saturated rings. The summed E-state index contributed by atoms with van der Waals surface area (Å²) in [7, 11) is 1.64. The highest BCUT2D eigenvalue weighted by Crippen LogP contribution is 2.35. The fourth-order valence-corrected chi connectivity index (χ4v) is 2.29. The maximum Gasteiger partial charge on any atom is 0.159 e. The fourth-order valence-electron chi connectivity index (χ4n) is 1.40. The molecule has 16 heavy (non-hydrogen) atoms. The van der Waals surface area contributed by atoms with Crippen molar-refractivity contribution in [3.8, 4) is 17.0 Å². The van der Waals surface area contributed by atoms with E-state index < -0.39 is 0 Å². The zero-order valence-corrected chi connectivity index (χ0v) is 12.2. The number of methoxy groups -OCH3 is 1. The number of benzene rings is 1. The fraction of sp³-hybridized carbons (Fsp3) is 0.100. The Morgan fingerprint density at radius 2 is 2.25 bits per heavy atom.